The number of rotatable bonds is 4. The lowest BCUT2D eigenvalue weighted by Gasteiger charge is -2.09. The predicted octanol–water partition coefficient (Wildman–Crippen LogP) is 3.95. The highest BCUT2D eigenvalue weighted by molar-refractivity contribution is 6.03. The average molecular weight is 351 g/mol. The third-order valence-electron chi connectivity index (χ3n) is 3.76. The maximum atomic E-state index is 13.0. The molecular formula is C19H14FN3O3. The molecule has 0 unspecified atom stereocenters. The van der Waals surface area contributed by atoms with Gasteiger partial charge in [-0.05, 0) is 48.5 Å². The normalized spacial score (nSPS) is 11.9. The van der Waals surface area contributed by atoms with Gasteiger partial charge < -0.3 is 20.1 Å². The summed E-state index contributed by atoms with van der Waals surface area (Å²) in [6, 6.07) is 14.4. The van der Waals surface area contributed by atoms with Crippen LogP contribution in [0.2, 0.25) is 0 Å². The minimum absolute atomic E-state index is 0.172. The molecule has 7 heteroatoms. The van der Waals surface area contributed by atoms with E-state index in [4.69, 9.17) is 9.47 Å². The molecule has 2 heterocycles. The smallest absolute Gasteiger partial charge is 0.274 e. The third kappa shape index (κ3) is 3.41. The van der Waals surface area contributed by atoms with E-state index in [9.17, 15) is 9.18 Å². The molecule has 0 atom stereocenters. The van der Waals surface area contributed by atoms with E-state index < -0.39 is 0 Å². The largest absolute Gasteiger partial charge is 0.454 e. The number of hydrogen-bond acceptors (Lipinski definition) is 5. The van der Waals surface area contributed by atoms with Crippen molar-refractivity contribution in [1.29, 1.82) is 0 Å². The first-order valence-corrected chi connectivity index (χ1v) is 7.87. The van der Waals surface area contributed by atoms with Crippen molar-refractivity contribution in [3.05, 3.63) is 72.3 Å². The van der Waals surface area contributed by atoms with E-state index in [0.29, 0.717) is 28.6 Å². The van der Waals surface area contributed by atoms with Gasteiger partial charge in [-0.3, -0.25) is 9.78 Å². The van der Waals surface area contributed by atoms with Crippen LogP contribution in [0.1, 0.15) is 10.5 Å². The van der Waals surface area contributed by atoms with Gasteiger partial charge in [0.25, 0.3) is 5.91 Å². The first-order valence-electron chi connectivity index (χ1n) is 7.87. The molecule has 26 heavy (non-hydrogen) atoms. The van der Waals surface area contributed by atoms with Gasteiger partial charge in [-0.2, -0.15) is 0 Å². The fourth-order valence-corrected chi connectivity index (χ4v) is 2.50. The van der Waals surface area contributed by atoms with E-state index in [-0.39, 0.29) is 24.2 Å². The topological polar surface area (TPSA) is 72.5 Å². The lowest BCUT2D eigenvalue weighted by atomic mass is 10.2. The van der Waals surface area contributed by atoms with Crippen LogP contribution in [0, 0.1) is 5.82 Å². The summed E-state index contributed by atoms with van der Waals surface area (Å²) in [5, 5.41) is 5.87. The van der Waals surface area contributed by atoms with Crippen LogP contribution in [-0.4, -0.2) is 17.7 Å². The Morgan fingerprint density at radius 1 is 0.923 bits per heavy atom. The van der Waals surface area contributed by atoms with E-state index >= 15 is 0 Å². The van der Waals surface area contributed by atoms with Crippen LogP contribution in [0.3, 0.4) is 0 Å². The molecule has 2 aromatic carbocycles. The van der Waals surface area contributed by atoms with Crippen LogP contribution in [0.15, 0.2) is 60.8 Å². The number of pyridine rings is 1. The Morgan fingerprint density at radius 3 is 2.54 bits per heavy atom. The number of ether oxygens (including phenoxy) is 2. The van der Waals surface area contributed by atoms with Crippen LogP contribution < -0.4 is 20.1 Å². The molecule has 0 spiro atoms. The maximum absolute atomic E-state index is 13.0. The minimum Gasteiger partial charge on any atom is -0.454 e. The van der Waals surface area contributed by atoms with Crippen LogP contribution in [0.4, 0.5) is 21.5 Å². The number of halogens is 1. The Bertz CT molecular complexity index is 960. The number of hydrogen-bond donors (Lipinski definition) is 2. The number of benzene rings is 2. The molecule has 0 saturated heterocycles. The molecule has 1 aliphatic heterocycles. The van der Waals surface area contributed by atoms with Crippen molar-refractivity contribution in [1.82, 2.24) is 4.98 Å². The zero-order valence-electron chi connectivity index (χ0n) is 13.5. The summed E-state index contributed by atoms with van der Waals surface area (Å²) in [6.45, 7) is 0.172. The van der Waals surface area contributed by atoms with Crippen molar-refractivity contribution in [3.8, 4) is 11.5 Å². The molecule has 0 fully saturated rings. The number of anilines is 3. The summed E-state index contributed by atoms with van der Waals surface area (Å²) in [5.41, 5.74) is 2.20. The van der Waals surface area contributed by atoms with Gasteiger partial charge in [0.2, 0.25) is 6.79 Å². The van der Waals surface area contributed by atoms with E-state index in [0.717, 1.165) is 0 Å². The van der Waals surface area contributed by atoms with Crippen molar-refractivity contribution in [2.75, 3.05) is 17.4 Å². The Hall–Kier alpha value is -3.61. The molecule has 0 saturated carbocycles. The standard InChI is InChI=1S/C19H14FN3O3/c20-12-1-3-13(4-2-12)22-15-7-8-21-16(9-15)19(24)23-14-5-6-17-18(10-14)26-11-25-17/h1-10H,11H2,(H,21,22)(H,23,24). The maximum Gasteiger partial charge on any atom is 0.274 e. The lowest BCUT2D eigenvalue weighted by Crippen LogP contribution is -2.13. The van der Waals surface area contributed by atoms with Crippen molar-refractivity contribution < 1.29 is 18.7 Å². The fourth-order valence-electron chi connectivity index (χ4n) is 2.50. The molecular weight excluding hydrogens is 337 g/mol. The number of fused-ring (bicyclic) bond motifs is 1. The van der Waals surface area contributed by atoms with Crippen LogP contribution >= 0.6 is 0 Å². The van der Waals surface area contributed by atoms with Gasteiger partial charge in [0, 0.05) is 29.3 Å². The molecule has 2 N–H and O–H groups in total. The quantitative estimate of drug-likeness (QED) is 0.745. The summed E-state index contributed by atoms with van der Waals surface area (Å²) in [5.74, 6) is 0.565. The van der Waals surface area contributed by atoms with Gasteiger partial charge in [-0.15, -0.1) is 0 Å². The molecule has 6 nitrogen and oxygen atoms in total. The van der Waals surface area contributed by atoms with E-state index in [1.54, 1.807) is 42.5 Å². The summed E-state index contributed by atoms with van der Waals surface area (Å²) < 4.78 is 23.5. The highest BCUT2D eigenvalue weighted by atomic mass is 19.1. The molecule has 1 amide bonds. The first kappa shape index (κ1) is 15.9. The van der Waals surface area contributed by atoms with Crippen LogP contribution in [-0.2, 0) is 0 Å². The monoisotopic (exact) mass is 351 g/mol. The number of amides is 1. The van der Waals surface area contributed by atoms with Gasteiger partial charge in [-0.1, -0.05) is 0 Å². The molecule has 0 bridgehead atoms. The van der Waals surface area contributed by atoms with Crippen LogP contribution in [0.5, 0.6) is 11.5 Å². The van der Waals surface area contributed by atoms with Gasteiger partial charge in [0.05, 0.1) is 0 Å². The zero-order chi connectivity index (χ0) is 17.9. The fraction of sp³-hybridized carbons (Fsp3) is 0.0526. The molecule has 1 aliphatic rings. The molecule has 0 aliphatic carbocycles. The predicted molar refractivity (Wildman–Crippen MR) is 94.4 cm³/mol. The summed E-state index contributed by atoms with van der Waals surface area (Å²) in [7, 11) is 0. The highest BCUT2D eigenvalue weighted by Gasteiger charge is 2.15. The number of carbonyl (C=O) groups excluding carboxylic acids is 1. The van der Waals surface area contributed by atoms with Gasteiger partial charge >= 0.3 is 0 Å². The van der Waals surface area contributed by atoms with Crippen LogP contribution in [0.25, 0.3) is 0 Å². The summed E-state index contributed by atoms with van der Waals surface area (Å²) >= 11 is 0. The second kappa shape index (κ2) is 6.72. The SMILES string of the molecule is O=C(Nc1ccc2c(c1)OCO2)c1cc(Nc2ccc(F)cc2)ccn1. The van der Waals surface area contributed by atoms with E-state index in [1.165, 1.54) is 18.3 Å². The Morgan fingerprint density at radius 2 is 1.69 bits per heavy atom. The van der Waals surface area contributed by atoms with Gasteiger partial charge in [0.1, 0.15) is 11.5 Å². The second-order valence-electron chi connectivity index (χ2n) is 5.58. The van der Waals surface area contributed by atoms with Crippen molar-refractivity contribution in [2.24, 2.45) is 0 Å². The number of carbonyl (C=O) groups is 1. The highest BCUT2D eigenvalue weighted by Crippen LogP contribution is 2.34. The Labute approximate surface area is 148 Å². The second-order valence-corrected chi connectivity index (χ2v) is 5.58. The zero-order valence-corrected chi connectivity index (χ0v) is 13.5. The minimum atomic E-state index is -0.355. The van der Waals surface area contributed by atoms with Gasteiger partial charge in [0.15, 0.2) is 11.5 Å². The number of nitrogens with zero attached hydrogens (tertiary/aromatic N) is 1. The number of aromatic nitrogens is 1. The third-order valence-corrected chi connectivity index (χ3v) is 3.76. The lowest BCUT2D eigenvalue weighted by molar-refractivity contribution is 0.102. The number of nitrogens with one attached hydrogen (secondary N) is 2. The molecule has 4 rings (SSSR count). The molecule has 0 radical (unpaired) electrons. The molecule has 1 aromatic heterocycles. The van der Waals surface area contributed by atoms with Crippen molar-refractivity contribution >= 4 is 23.0 Å². The van der Waals surface area contributed by atoms with E-state index in [2.05, 4.69) is 15.6 Å². The Kier molecular flexibility index (Phi) is 4.10. The van der Waals surface area contributed by atoms with Crippen molar-refractivity contribution in [3.63, 3.8) is 0 Å². The Balaban J connectivity index is 1.48. The molecule has 3 aromatic rings. The summed E-state index contributed by atoms with van der Waals surface area (Å²) in [6.07, 6.45) is 1.53. The van der Waals surface area contributed by atoms with Gasteiger partial charge in [-0.25, -0.2) is 4.39 Å². The van der Waals surface area contributed by atoms with E-state index in [1.807, 2.05) is 0 Å². The summed E-state index contributed by atoms with van der Waals surface area (Å²) in [4.78, 5) is 16.5. The van der Waals surface area contributed by atoms with Crippen molar-refractivity contribution in [2.45, 2.75) is 0 Å². The average Bonchev–Trinajstić information content (AvgIpc) is 3.12. The first-order chi connectivity index (χ1) is 12.7. The molecule has 130 valence electrons.